The van der Waals surface area contributed by atoms with Crippen LogP contribution in [0.2, 0.25) is 0 Å². The summed E-state index contributed by atoms with van der Waals surface area (Å²) in [5, 5.41) is 9.71. The molecule has 0 aliphatic carbocycles. The molecule has 0 bridgehead atoms. The first-order valence-electron chi connectivity index (χ1n) is 19.1. The first-order chi connectivity index (χ1) is 27.8. The van der Waals surface area contributed by atoms with E-state index >= 15 is 0 Å². The summed E-state index contributed by atoms with van der Waals surface area (Å²) in [6.07, 6.45) is 0. The molecule has 0 fully saturated rings. The molecule has 4 heteroatoms. The molecule has 12 rings (SSSR count). The third-order valence-corrected chi connectivity index (χ3v) is 11.5. The van der Waals surface area contributed by atoms with Gasteiger partial charge in [0.05, 0.1) is 33.1 Å². The van der Waals surface area contributed by atoms with Gasteiger partial charge in [0.25, 0.3) is 0 Å². The van der Waals surface area contributed by atoms with Crippen LogP contribution in [-0.2, 0) is 0 Å². The highest BCUT2D eigenvalue weighted by atomic mass is 15.1. The molecular weight excluding hydrogens is 681 g/mol. The van der Waals surface area contributed by atoms with Crippen molar-refractivity contribution in [3.63, 3.8) is 0 Å². The third kappa shape index (κ3) is 4.53. The van der Waals surface area contributed by atoms with Gasteiger partial charge in [0.15, 0.2) is 5.82 Å². The van der Waals surface area contributed by atoms with Crippen LogP contribution >= 0.6 is 0 Å². The second-order valence-electron chi connectivity index (χ2n) is 14.6. The highest BCUT2D eigenvalue weighted by Crippen LogP contribution is 2.43. The van der Waals surface area contributed by atoms with E-state index in [1.54, 1.807) is 0 Å². The lowest BCUT2D eigenvalue weighted by Crippen LogP contribution is -2.04. The van der Waals surface area contributed by atoms with Gasteiger partial charge < -0.3 is 4.57 Å². The summed E-state index contributed by atoms with van der Waals surface area (Å²) < 4.78 is 4.75. The van der Waals surface area contributed by atoms with E-state index in [4.69, 9.17) is 9.97 Å². The van der Waals surface area contributed by atoms with Crippen LogP contribution in [0.15, 0.2) is 194 Å². The van der Waals surface area contributed by atoms with Crippen LogP contribution < -0.4 is 0 Å². The molecule has 260 valence electrons. The summed E-state index contributed by atoms with van der Waals surface area (Å²) in [4.78, 5) is 11.0. The van der Waals surface area contributed by atoms with Gasteiger partial charge in [0, 0.05) is 32.8 Å². The van der Waals surface area contributed by atoms with Crippen molar-refractivity contribution in [3.8, 4) is 33.9 Å². The molecule has 3 aromatic heterocycles. The fourth-order valence-corrected chi connectivity index (χ4v) is 8.97. The van der Waals surface area contributed by atoms with Gasteiger partial charge in [-0.05, 0) is 87.3 Å². The van der Waals surface area contributed by atoms with Crippen LogP contribution in [0.4, 0.5) is 0 Å². The summed E-state index contributed by atoms with van der Waals surface area (Å²) in [6, 6.07) is 69.6. The molecule has 0 aliphatic heterocycles. The lowest BCUT2D eigenvalue weighted by molar-refractivity contribution is 1.08. The Balaban J connectivity index is 1.21. The van der Waals surface area contributed by atoms with E-state index < -0.39 is 0 Å². The van der Waals surface area contributed by atoms with Gasteiger partial charge in [0.2, 0.25) is 0 Å². The Kier molecular flexibility index (Phi) is 6.60. The summed E-state index contributed by atoms with van der Waals surface area (Å²) in [5.74, 6) is 0.802. The van der Waals surface area contributed by atoms with Crippen molar-refractivity contribution >= 4 is 76.2 Å². The minimum Gasteiger partial charge on any atom is -0.309 e. The van der Waals surface area contributed by atoms with Gasteiger partial charge in [-0.25, -0.2) is 9.97 Å². The quantitative estimate of drug-likeness (QED) is 0.182. The second kappa shape index (κ2) is 12.0. The van der Waals surface area contributed by atoms with E-state index in [2.05, 4.69) is 191 Å². The van der Waals surface area contributed by atoms with Gasteiger partial charge in [-0.15, -0.1) is 0 Å². The molecule has 0 atom stereocenters. The molecule has 0 aliphatic rings. The average Bonchev–Trinajstić information content (AvgIpc) is 3.78. The molecule has 0 saturated heterocycles. The van der Waals surface area contributed by atoms with E-state index in [1.165, 1.54) is 59.7 Å². The maximum Gasteiger partial charge on any atom is 0.165 e. The van der Waals surface area contributed by atoms with Gasteiger partial charge in [-0.3, -0.25) is 4.57 Å². The summed E-state index contributed by atoms with van der Waals surface area (Å²) >= 11 is 0. The molecule has 0 unspecified atom stereocenters. The molecule has 0 spiro atoms. The predicted octanol–water partition coefficient (Wildman–Crippen LogP) is 13.5. The lowest BCUT2D eigenvalue weighted by atomic mass is 9.98. The SMILES string of the molecule is c1ccc(-c2cccc3c2c2cc4ccccc4cc2n3-c2nc3ccccc3nc2-c2ccc3c4c5ccccc5ccc4n(-c4ccccc4)c3c2)cc1. The Morgan fingerprint density at radius 3 is 1.82 bits per heavy atom. The van der Waals surface area contributed by atoms with E-state index in [0.29, 0.717) is 0 Å². The van der Waals surface area contributed by atoms with Crippen molar-refractivity contribution < 1.29 is 0 Å². The van der Waals surface area contributed by atoms with Crippen LogP contribution in [0.25, 0.3) is 110 Å². The number of fused-ring (bicyclic) bond motifs is 10. The summed E-state index contributed by atoms with van der Waals surface area (Å²) in [7, 11) is 0. The van der Waals surface area contributed by atoms with E-state index in [0.717, 1.165) is 50.3 Å². The number of benzene rings is 9. The predicted molar refractivity (Wildman–Crippen MR) is 234 cm³/mol. The first kappa shape index (κ1) is 30.9. The van der Waals surface area contributed by atoms with Crippen LogP contribution in [-0.4, -0.2) is 19.1 Å². The zero-order valence-electron chi connectivity index (χ0n) is 30.3. The van der Waals surface area contributed by atoms with E-state index in [9.17, 15) is 0 Å². The standard InChI is InChI=1S/C52H32N4/c1-3-14-33(15-4-1)40-22-13-25-45-50(40)42-30-35-17-7-8-18-36(35)31-48(42)56(45)52-51(53-43-23-11-12-24-44(43)54-52)37-26-28-41-47(32-37)55(38-19-5-2-6-20-38)46-29-27-34-16-9-10-21-39(34)49(41)46/h1-32H. The second-order valence-corrected chi connectivity index (χ2v) is 14.6. The summed E-state index contributed by atoms with van der Waals surface area (Å²) in [6.45, 7) is 0. The van der Waals surface area contributed by atoms with E-state index in [1.807, 2.05) is 12.1 Å². The first-order valence-corrected chi connectivity index (χ1v) is 19.1. The van der Waals surface area contributed by atoms with Crippen molar-refractivity contribution in [2.24, 2.45) is 0 Å². The minimum atomic E-state index is 0.802. The number of hydrogen-bond acceptors (Lipinski definition) is 2. The maximum atomic E-state index is 5.51. The van der Waals surface area contributed by atoms with Crippen LogP contribution in [0, 0.1) is 0 Å². The van der Waals surface area contributed by atoms with E-state index in [-0.39, 0.29) is 0 Å². The molecule has 0 saturated carbocycles. The smallest absolute Gasteiger partial charge is 0.165 e. The summed E-state index contributed by atoms with van der Waals surface area (Å²) in [5.41, 5.74) is 11.5. The number of rotatable bonds is 4. The number of para-hydroxylation sites is 3. The fraction of sp³-hybridized carbons (Fsp3) is 0. The van der Waals surface area contributed by atoms with Crippen molar-refractivity contribution in [1.29, 1.82) is 0 Å². The highest BCUT2D eigenvalue weighted by Gasteiger charge is 2.23. The molecule has 4 nitrogen and oxygen atoms in total. The zero-order valence-corrected chi connectivity index (χ0v) is 30.3. The normalized spacial score (nSPS) is 11.9. The van der Waals surface area contributed by atoms with Crippen molar-refractivity contribution in [2.75, 3.05) is 0 Å². The third-order valence-electron chi connectivity index (χ3n) is 11.5. The molecule has 9 aromatic carbocycles. The topological polar surface area (TPSA) is 35.6 Å². The van der Waals surface area contributed by atoms with Gasteiger partial charge in [0.1, 0.15) is 5.69 Å². The fourth-order valence-electron chi connectivity index (χ4n) is 8.97. The molecule has 0 N–H and O–H groups in total. The number of aromatic nitrogens is 4. The molecule has 0 radical (unpaired) electrons. The molecule has 0 amide bonds. The Hall–Kier alpha value is -7.56. The molecule has 56 heavy (non-hydrogen) atoms. The molecule has 12 aromatic rings. The minimum absolute atomic E-state index is 0.802. The Morgan fingerprint density at radius 1 is 0.339 bits per heavy atom. The van der Waals surface area contributed by atoms with Crippen molar-refractivity contribution in [2.45, 2.75) is 0 Å². The van der Waals surface area contributed by atoms with Crippen LogP contribution in [0.5, 0.6) is 0 Å². The lowest BCUT2D eigenvalue weighted by Gasteiger charge is -2.15. The average molecular weight is 713 g/mol. The Bertz CT molecular complexity index is 3520. The monoisotopic (exact) mass is 712 g/mol. The van der Waals surface area contributed by atoms with Gasteiger partial charge in [-0.1, -0.05) is 140 Å². The molecular formula is C52H32N4. The van der Waals surface area contributed by atoms with Crippen LogP contribution in [0.1, 0.15) is 0 Å². The highest BCUT2D eigenvalue weighted by molar-refractivity contribution is 6.22. The van der Waals surface area contributed by atoms with Crippen LogP contribution in [0.3, 0.4) is 0 Å². The Labute approximate surface area is 322 Å². The maximum absolute atomic E-state index is 5.51. The van der Waals surface area contributed by atoms with Gasteiger partial charge >= 0.3 is 0 Å². The number of hydrogen-bond donors (Lipinski definition) is 0. The Morgan fingerprint density at radius 2 is 1.00 bits per heavy atom. The van der Waals surface area contributed by atoms with Crippen molar-refractivity contribution in [3.05, 3.63) is 194 Å². The molecule has 3 heterocycles. The van der Waals surface area contributed by atoms with Crippen molar-refractivity contribution in [1.82, 2.24) is 19.1 Å². The number of nitrogens with zero attached hydrogens (tertiary/aromatic N) is 4. The largest absolute Gasteiger partial charge is 0.309 e. The zero-order chi connectivity index (χ0) is 36.7. The van der Waals surface area contributed by atoms with Gasteiger partial charge in [-0.2, -0.15) is 0 Å².